The van der Waals surface area contributed by atoms with Crippen LogP contribution in [0.2, 0.25) is 0 Å². The third kappa shape index (κ3) is 6.22. The number of amides is 1. The second-order valence-corrected chi connectivity index (χ2v) is 6.91. The van der Waals surface area contributed by atoms with Crippen LogP contribution >= 0.6 is 24.0 Å². The Bertz CT molecular complexity index is 804. The van der Waals surface area contributed by atoms with Crippen molar-refractivity contribution in [3.05, 3.63) is 65.2 Å². The van der Waals surface area contributed by atoms with Gasteiger partial charge in [-0.05, 0) is 43.0 Å². The summed E-state index contributed by atoms with van der Waals surface area (Å²) in [7, 11) is 1.78. The van der Waals surface area contributed by atoms with Gasteiger partial charge in [0.25, 0.3) is 0 Å². The van der Waals surface area contributed by atoms with Crippen LogP contribution in [0.3, 0.4) is 0 Å². The van der Waals surface area contributed by atoms with Gasteiger partial charge >= 0.3 is 0 Å². The zero-order valence-electron chi connectivity index (χ0n) is 16.6. The quantitative estimate of drug-likeness (QED) is 0.368. The lowest BCUT2D eigenvalue weighted by molar-refractivity contribution is -0.117. The van der Waals surface area contributed by atoms with Crippen LogP contribution in [-0.2, 0) is 17.8 Å². The average molecular weight is 492 g/mol. The molecule has 5 nitrogen and oxygen atoms in total. The van der Waals surface area contributed by atoms with Crippen molar-refractivity contribution in [3.8, 4) is 0 Å². The van der Waals surface area contributed by atoms with Crippen LogP contribution in [0.5, 0.6) is 0 Å². The molecule has 1 saturated heterocycles. The van der Waals surface area contributed by atoms with E-state index in [1.54, 1.807) is 7.05 Å². The second-order valence-electron chi connectivity index (χ2n) is 6.91. The highest BCUT2D eigenvalue weighted by molar-refractivity contribution is 14.0. The van der Waals surface area contributed by atoms with Crippen LogP contribution in [0.4, 0.5) is 5.69 Å². The van der Waals surface area contributed by atoms with Gasteiger partial charge in [-0.2, -0.15) is 0 Å². The monoisotopic (exact) mass is 492 g/mol. The van der Waals surface area contributed by atoms with E-state index in [1.165, 1.54) is 11.1 Å². The van der Waals surface area contributed by atoms with Crippen molar-refractivity contribution in [2.24, 2.45) is 4.99 Å². The zero-order valence-corrected chi connectivity index (χ0v) is 18.9. The molecule has 28 heavy (non-hydrogen) atoms. The summed E-state index contributed by atoms with van der Waals surface area (Å²) in [6.07, 6.45) is 2.57. The van der Waals surface area contributed by atoms with E-state index in [9.17, 15) is 4.79 Å². The summed E-state index contributed by atoms with van der Waals surface area (Å²) in [4.78, 5) is 18.0. The minimum atomic E-state index is 0. The van der Waals surface area contributed by atoms with Crippen molar-refractivity contribution < 1.29 is 4.79 Å². The average Bonchev–Trinajstić information content (AvgIpc) is 3.11. The van der Waals surface area contributed by atoms with Gasteiger partial charge in [0.15, 0.2) is 5.96 Å². The molecule has 3 rings (SSSR count). The number of guanidine groups is 1. The van der Waals surface area contributed by atoms with Crippen molar-refractivity contribution >= 4 is 41.5 Å². The molecule has 1 fully saturated rings. The zero-order chi connectivity index (χ0) is 19.1. The Kier molecular flexibility index (Phi) is 8.76. The summed E-state index contributed by atoms with van der Waals surface area (Å²) < 4.78 is 0. The molecule has 0 atom stereocenters. The van der Waals surface area contributed by atoms with Crippen LogP contribution in [0.1, 0.15) is 29.5 Å². The van der Waals surface area contributed by atoms with E-state index in [2.05, 4.69) is 58.9 Å². The number of benzene rings is 2. The lowest BCUT2D eigenvalue weighted by Gasteiger charge is -2.16. The number of nitrogens with zero attached hydrogens (tertiary/aromatic N) is 2. The molecule has 1 aliphatic heterocycles. The van der Waals surface area contributed by atoms with Crippen molar-refractivity contribution in [2.75, 3.05) is 25.0 Å². The van der Waals surface area contributed by atoms with Crippen LogP contribution in [0.15, 0.2) is 53.5 Å². The molecule has 2 aromatic carbocycles. The van der Waals surface area contributed by atoms with Gasteiger partial charge < -0.3 is 15.5 Å². The molecule has 0 aromatic heterocycles. The Morgan fingerprint density at radius 2 is 1.89 bits per heavy atom. The molecule has 150 valence electrons. The number of nitrogens with one attached hydrogen (secondary N) is 2. The fourth-order valence-electron chi connectivity index (χ4n) is 3.31. The summed E-state index contributed by atoms with van der Waals surface area (Å²) >= 11 is 0. The highest BCUT2D eigenvalue weighted by Gasteiger charge is 2.21. The molecule has 1 amide bonds. The molecule has 0 aliphatic carbocycles. The van der Waals surface area contributed by atoms with E-state index in [4.69, 9.17) is 0 Å². The van der Waals surface area contributed by atoms with Crippen LogP contribution in [0, 0.1) is 6.92 Å². The first-order valence-corrected chi connectivity index (χ1v) is 9.55. The summed E-state index contributed by atoms with van der Waals surface area (Å²) in [6, 6.07) is 16.7. The van der Waals surface area contributed by atoms with E-state index < -0.39 is 0 Å². The van der Waals surface area contributed by atoms with Gasteiger partial charge in [-0.3, -0.25) is 9.79 Å². The molecule has 1 aliphatic rings. The van der Waals surface area contributed by atoms with E-state index in [0.717, 1.165) is 43.1 Å². The first kappa shape index (κ1) is 22.2. The lowest BCUT2D eigenvalue weighted by atomic mass is 10.1. The molecular formula is C22H29IN4O. The predicted octanol–water partition coefficient (Wildman–Crippen LogP) is 3.65. The molecule has 0 unspecified atom stereocenters. The highest BCUT2D eigenvalue weighted by atomic mass is 127. The summed E-state index contributed by atoms with van der Waals surface area (Å²) in [6.45, 7) is 4.47. The van der Waals surface area contributed by atoms with E-state index in [0.29, 0.717) is 13.0 Å². The van der Waals surface area contributed by atoms with E-state index in [1.807, 2.05) is 17.0 Å². The number of hydrogen-bond acceptors (Lipinski definition) is 2. The predicted molar refractivity (Wildman–Crippen MR) is 127 cm³/mol. The van der Waals surface area contributed by atoms with Gasteiger partial charge in [-0.25, -0.2) is 0 Å². The molecule has 2 N–H and O–H groups in total. The van der Waals surface area contributed by atoms with Gasteiger partial charge in [-0.15, -0.1) is 24.0 Å². The molecule has 6 heteroatoms. The highest BCUT2D eigenvalue weighted by Crippen LogP contribution is 2.21. The fourth-order valence-corrected chi connectivity index (χ4v) is 3.31. The van der Waals surface area contributed by atoms with Crippen molar-refractivity contribution in [3.63, 3.8) is 0 Å². The van der Waals surface area contributed by atoms with Gasteiger partial charge in [0.2, 0.25) is 5.91 Å². The first-order chi connectivity index (χ1) is 13.2. The summed E-state index contributed by atoms with van der Waals surface area (Å²) in [5, 5.41) is 6.70. The van der Waals surface area contributed by atoms with Crippen molar-refractivity contribution in [1.29, 1.82) is 0 Å². The number of aryl methyl sites for hydroxylation is 1. The first-order valence-electron chi connectivity index (χ1n) is 9.55. The largest absolute Gasteiger partial charge is 0.356 e. The second kappa shape index (κ2) is 11.0. The molecule has 2 aromatic rings. The number of carbonyl (C=O) groups is 1. The molecule has 0 bridgehead atoms. The van der Waals surface area contributed by atoms with Crippen LogP contribution in [0.25, 0.3) is 0 Å². The normalized spacial score (nSPS) is 14.0. The van der Waals surface area contributed by atoms with Gasteiger partial charge in [-0.1, -0.05) is 42.0 Å². The fraction of sp³-hybridized carbons (Fsp3) is 0.364. The van der Waals surface area contributed by atoms with Gasteiger partial charge in [0.05, 0.1) is 0 Å². The maximum atomic E-state index is 11.8. The van der Waals surface area contributed by atoms with E-state index >= 15 is 0 Å². The van der Waals surface area contributed by atoms with Crippen LogP contribution in [-0.4, -0.2) is 32.0 Å². The summed E-state index contributed by atoms with van der Waals surface area (Å²) in [5.74, 6) is 1.01. The maximum absolute atomic E-state index is 11.8. The third-order valence-corrected chi connectivity index (χ3v) is 4.79. The third-order valence-electron chi connectivity index (χ3n) is 4.79. The lowest BCUT2D eigenvalue weighted by Crippen LogP contribution is -2.37. The standard InChI is InChI=1S/C22H28N4O.HI/c1-17-5-3-6-18(15-17)12-13-24-22(23-2)25-16-19-8-10-20(11-9-19)26-14-4-7-21(26)27;/h3,5-6,8-11,15H,4,7,12-14,16H2,1-2H3,(H2,23,24,25);1H. The Hall–Kier alpha value is -2.09. The minimum Gasteiger partial charge on any atom is -0.356 e. The molecule has 0 saturated carbocycles. The van der Waals surface area contributed by atoms with Crippen molar-refractivity contribution in [2.45, 2.75) is 32.7 Å². The number of anilines is 1. The summed E-state index contributed by atoms with van der Waals surface area (Å²) in [5.41, 5.74) is 4.76. The Labute approximate surface area is 184 Å². The van der Waals surface area contributed by atoms with Gasteiger partial charge in [0, 0.05) is 38.8 Å². The van der Waals surface area contributed by atoms with Gasteiger partial charge in [0.1, 0.15) is 0 Å². The Morgan fingerprint density at radius 3 is 2.54 bits per heavy atom. The number of halogens is 1. The minimum absolute atomic E-state index is 0. The topological polar surface area (TPSA) is 56.7 Å². The number of aliphatic imine (C=N–C) groups is 1. The number of hydrogen-bond donors (Lipinski definition) is 2. The molecule has 0 spiro atoms. The molecule has 1 heterocycles. The van der Waals surface area contributed by atoms with Crippen molar-refractivity contribution in [1.82, 2.24) is 10.6 Å². The maximum Gasteiger partial charge on any atom is 0.227 e. The Morgan fingerprint density at radius 1 is 1.11 bits per heavy atom. The smallest absolute Gasteiger partial charge is 0.227 e. The molecule has 0 radical (unpaired) electrons. The Balaban J connectivity index is 0.00000280. The molecular weight excluding hydrogens is 463 g/mol. The SMILES string of the molecule is CN=C(NCCc1cccc(C)c1)NCc1ccc(N2CCCC2=O)cc1.I. The number of rotatable bonds is 6. The van der Waals surface area contributed by atoms with Crippen LogP contribution < -0.4 is 15.5 Å². The number of carbonyl (C=O) groups excluding carboxylic acids is 1. The van der Waals surface area contributed by atoms with E-state index in [-0.39, 0.29) is 29.9 Å².